The van der Waals surface area contributed by atoms with Crippen molar-refractivity contribution in [2.75, 3.05) is 31.7 Å². The molecule has 2 aromatic carbocycles. The highest BCUT2D eigenvalue weighted by Crippen LogP contribution is 2.23. The van der Waals surface area contributed by atoms with Crippen molar-refractivity contribution in [2.24, 2.45) is 0 Å². The minimum Gasteiger partial charge on any atom is -0.497 e. The van der Waals surface area contributed by atoms with E-state index in [0.717, 1.165) is 17.2 Å². The number of amides is 2. The van der Waals surface area contributed by atoms with Crippen molar-refractivity contribution < 1.29 is 19.1 Å². The van der Waals surface area contributed by atoms with Crippen molar-refractivity contribution in [1.82, 2.24) is 4.90 Å². The number of carbonyl (C=O) groups is 2. The van der Waals surface area contributed by atoms with Crippen LogP contribution < -0.4 is 14.4 Å². The molecule has 2 amide bonds. The number of methoxy groups -OCH3 is 1. The van der Waals surface area contributed by atoms with E-state index in [0.29, 0.717) is 13.2 Å². The van der Waals surface area contributed by atoms with Crippen LogP contribution in [0.5, 0.6) is 11.5 Å². The molecule has 1 fully saturated rings. The third-order valence-corrected chi connectivity index (χ3v) is 4.62. The van der Waals surface area contributed by atoms with Gasteiger partial charge in [0.05, 0.1) is 20.1 Å². The van der Waals surface area contributed by atoms with Gasteiger partial charge in [0.15, 0.2) is 0 Å². The highest BCUT2D eigenvalue weighted by molar-refractivity contribution is 5.98. The van der Waals surface area contributed by atoms with Crippen LogP contribution in [0.3, 0.4) is 0 Å². The number of piperazine rings is 1. The Hall–Kier alpha value is -3.02. The first-order chi connectivity index (χ1) is 13.1. The lowest BCUT2D eigenvalue weighted by Crippen LogP contribution is -2.57. The number of anilines is 1. The topological polar surface area (TPSA) is 59.1 Å². The predicted octanol–water partition coefficient (Wildman–Crippen LogP) is 2.73. The maximum absolute atomic E-state index is 12.6. The zero-order chi connectivity index (χ0) is 19.2. The van der Waals surface area contributed by atoms with Gasteiger partial charge in [-0.3, -0.25) is 9.59 Å². The van der Waals surface area contributed by atoms with E-state index < -0.39 is 0 Å². The van der Waals surface area contributed by atoms with Gasteiger partial charge in [-0.1, -0.05) is 18.2 Å². The summed E-state index contributed by atoms with van der Waals surface area (Å²) in [4.78, 5) is 28.5. The van der Waals surface area contributed by atoms with Crippen molar-refractivity contribution in [1.29, 1.82) is 0 Å². The van der Waals surface area contributed by atoms with Crippen LogP contribution in [0.1, 0.15) is 13.3 Å². The first-order valence-electron chi connectivity index (χ1n) is 9.00. The zero-order valence-electron chi connectivity index (χ0n) is 15.6. The molecule has 0 unspecified atom stereocenters. The molecule has 142 valence electrons. The molecule has 1 atom stereocenters. The summed E-state index contributed by atoms with van der Waals surface area (Å²) in [5.41, 5.74) is 0.812. The minimum atomic E-state index is -0.0874. The second-order valence-electron chi connectivity index (χ2n) is 6.48. The van der Waals surface area contributed by atoms with Gasteiger partial charge in [0, 0.05) is 18.3 Å². The van der Waals surface area contributed by atoms with Gasteiger partial charge < -0.3 is 19.3 Å². The molecule has 2 aromatic rings. The quantitative estimate of drug-likeness (QED) is 0.787. The average Bonchev–Trinajstić information content (AvgIpc) is 2.70. The number of nitrogens with zero attached hydrogens (tertiary/aromatic N) is 2. The van der Waals surface area contributed by atoms with Gasteiger partial charge in [-0.15, -0.1) is 0 Å². The van der Waals surface area contributed by atoms with E-state index >= 15 is 0 Å². The van der Waals surface area contributed by atoms with Crippen LogP contribution in [0.2, 0.25) is 0 Å². The summed E-state index contributed by atoms with van der Waals surface area (Å²) in [5.74, 6) is 1.32. The molecule has 0 radical (unpaired) electrons. The van der Waals surface area contributed by atoms with Crippen LogP contribution in [0, 0.1) is 0 Å². The van der Waals surface area contributed by atoms with E-state index in [1.807, 2.05) is 61.5 Å². The van der Waals surface area contributed by atoms with Crippen molar-refractivity contribution in [3.05, 3.63) is 54.6 Å². The smallest absolute Gasteiger partial charge is 0.246 e. The highest BCUT2D eigenvalue weighted by atomic mass is 16.5. The van der Waals surface area contributed by atoms with Gasteiger partial charge in [-0.2, -0.15) is 0 Å². The molecule has 0 bridgehead atoms. The van der Waals surface area contributed by atoms with Crippen molar-refractivity contribution >= 4 is 17.5 Å². The Labute approximate surface area is 159 Å². The summed E-state index contributed by atoms with van der Waals surface area (Å²) < 4.78 is 10.7. The number of para-hydroxylation sites is 1. The normalized spacial score (nSPS) is 17.0. The summed E-state index contributed by atoms with van der Waals surface area (Å²) in [6.45, 7) is 2.80. The molecule has 3 rings (SSSR count). The second-order valence-corrected chi connectivity index (χ2v) is 6.48. The Kier molecular flexibility index (Phi) is 5.96. The van der Waals surface area contributed by atoms with E-state index in [4.69, 9.17) is 9.47 Å². The molecule has 0 aromatic heterocycles. The molecular formula is C21H24N2O4. The van der Waals surface area contributed by atoms with Crippen LogP contribution in [-0.2, 0) is 9.59 Å². The Balaban J connectivity index is 1.55. The Morgan fingerprint density at radius 3 is 2.44 bits per heavy atom. The fourth-order valence-electron chi connectivity index (χ4n) is 3.11. The Bertz CT molecular complexity index is 777. The third-order valence-electron chi connectivity index (χ3n) is 4.62. The Morgan fingerprint density at radius 1 is 1.07 bits per heavy atom. The largest absolute Gasteiger partial charge is 0.497 e. The lowest BCUT2D eigenvalue weighted by Gasteiger charge is -2.39. The molecule has 1 heterocycles. The van der Waals surface area contributed by atoms with Gasteiger partial charge >= 0.3 is 0 Å². The fourth-order valence-corrected chi connectivity index (χ4v) is 3.11. The van der Waals surface area contributed by atoms with Gasteiger partial charge in [0.2, 0.25) is 11.8 Å². The fraction of sp³-hybridized carbons (Fsp3) is 0.333. The monoisotopic (exact) mass is 368 g/mol. The molecule has 27 heavy (non-hydrogen) atoms. The molecule has 0 N–H and O–H groups in total. The van der Waals surface area contributed by atoms with Gasteiger partial charge in [-0.25, -0.2) is 0 Å². The van der Waals surface area contributed by atoms with E-state index in [2.05, 4.69) is 0 Å². The summed E-state index contributed by atoms with van der Waals surface area (Å²) >= 11 is 0. The number of ether oxygens (including phenoxy) is 2. The van der Waals surface area contributed by atoms with E-state index in [-0.39, 0.29) is 30.8 Å². The van der Waals surface area contributed by atoms with E-state index in [1.165, 1.54) is 0 Å². The van der Waals surface area contributed by atoms with Crippen LogP contribution in [0.15, 0.2) is 54.6 Å². The summed E-state index contributed by atoms with van der Waals surface area (Å²) in [6.07, 6.45) is 0.245. The lowest BCUT2D eigenvalue weighted by atomic mass is 10.1. The predicted molar refractivity (Wildman–Crippen MR) is 103 cm³/mol. The first kappa shape index (κ1) is 18.8. The zero-order valence-corrected chi connectivity index (χ0v) is 15.6. The van der Waals surface area contributed by atoms with E-state index in [1.54, 1.807) is 16.9 Å². The minimum absolute atomic E-state index is 0.0611. The van der Waals surface area contributed by atoms with Crippen LogP contribution >= 0.6 is 0 Å². The van der Waals surface area contributed by atoms with E-state index in [9.17, 15) is 9.59 Å². The third kappa shape index (κ3) is 4.58. The number of hydrogen-bond donors (Lipinski definition) is 0. The van der Waals surface area contributed by atoms with Crippen molar-refractivity contribution in [2.45, 2.75) is 19.4 Å². The maximum atomic E-state index is 12.6. The average molecular weight is 368 g/mol. The standard InChI is InChI=1S/C21H24N2O4/c1-16-14-23(17-8-10-18(26-2)11-9-17)21(25)15-22(16)20(24)12-13-27-19-6-4-3-5-7-19/h3-11,16H,12-15H2,1-2H3/t16-/m0/s1. The van der Waals surface area contributed by atoms with Gasteiger partial charge in [-0.05, 0) is 43.3 Å². The molecule has 1 aliphatic rings. The SMILES string of the molecule is COc1ccc(N2C[C@H](C)N(C(=O)CCOc3ccccc3)CC2=O)cc1. The van der Waals surface area contributed by atoms with Crippen molar-refractivity contribution in [3.63, 3.8) is 0 Å². The highest BCUT2D eigenvalue weighted by Gasteiger charge is 2.32. The van der Waals surface area contributed by atoms with Crippen molar-refractivity contribution in [3.8, 4) is 11.5 Å². The number of rotatable bonds is 6. The molecular weight excluding hydrogens is 344 g/mol. The van der Waals surface area contributed by atoms with Crippen LogP contribution in [-0.4, -0.2) is 49.6 Å². The molecule has 0 saturated carbocycles. The summed E-state index contributed by atoms with van der Waals surface area (Å²) in [5, 5.41) is 0. The molecule has 0 spiro atoms. The van der Waals surface area contributed by atoms with Crippen LogP contribution in [0.25, 0.3) is 0 Å². The number of benzene rings is 2. The van der Waals surface area contributed by atoms with Gasteiger partial charge in [0.1, 0.15) is 18.0 Å². The molecule has 1 aliphatic heterocycles. The molecule has 0 aliphatic carbocycles. The molecule has 1 saturated heterocycles. The molecule has 6 nitrogen and oxygen atoms in total. The Morgan fingerprint density at radius 2 is 1.78 bits per heavy atom. The first-order valence-corrected chi connectivity index (χ1v) is 9.00. The second kappa shape index (κ2) is 8.58. The summed E-state index contributed by atoms with van der Waals surface area (Å²) in [7, 11) is 1.61. The molecule has 6 heteroatoms. The maximum Gasteiger partial charge on any atom is 0.246 e. The lowest BCUT2D eigenvalue weighted by molar-refractivity contribution is -0.139. The van der Waals surface area contributed by atoms with Gasteiger partial charge in [0.25, 0.3) is 0 Å². The number of hydrogen-bond acceptors (Lipinski definition) is 4. The summed E-state index contributed by atoms with van der Waals surface area (Å²) in [6, 6.07) is 16.7. The number of carbonyl (C=O) groups excluding carboxylic acids is 2. The van der Waals surface area contributed by atoms with Crippen LogP contribution in [0.4, 0.5) is 5.69 Å².